The van der Waals surface area contributed by atoms with Crippen molar-refractivity contribution in [1.29, 1.82) is 5.26 Å². The first-order valence-corrected chi connectivity index (χ1v) is 9.56. The molecule has 114 valence electrons. The zero-order valence-corrected chi connectivity index (χ0v) is 12.7. The summed E-state index contributed by atoms with van der Waals surface area (Å²) in [6.07, 6.45) is 0.873. The van der Waals surface area contributed by atoms with Gasteiger partial charge in [-0.25, -0.2) is 21.6 Å². The summed E-state index contributed by atoms with van der Waals surface area (Å²) in [5, 5.41) is 9.00. The highest BCUT2D eigenvalue weighted by molar-refractivity contribution is 7.91. The molecule has 2 rings (SSSR count). The van der Waals surface area contributed by atoms with Crippen molar-refractivity contribution >= 4 is 25.5 Å². The van der Waals surface area contributed by atoms with Gasteiger partial charge in [-0.15, -0.1) is 0 Å². The Morgan fingerprint density at radius 1 is 1.38 bits per heavy atom. The van der Waals surface area contributed by atoms with Gasteiger partial charge in [0.25, 0.3) is 0 Å². The van der Waals surface area contributed by atoms with Crippen LogP contribution in [0.1, 0.15) is 18.4 Å². The zero-order valence-electron chi connectivity index (χ0n) is 11.1. The van der Waals surface area contributed by atoms with Crippen molar-refractivity contribution < 1.29 is 16.8 Å². The van der Waals surface area contributed by atoms with E-state index in [9.17, 15) is 16.8 Å². The molecule has 1 heterocycles. The zero-order chi connectivity index (χ0) is 15.7. The highest BCUT2D eigenvalue weighted by Crippen LogP contribution is 2.20. The quantitative estimate of drug-likeness (QED) is 0.750. The molecule has 0 spiro atoms. The predicted molar refractivity (Wildman–Crippen MR) is 77.6 cm³/mol. The number of nitrogen functional groups attached to an aromatic ring is 1. The molecule has 21 heavy (non-hydrogen) atoms. The van der Waals surface area contributed by atoms with Gasteiger partial charge in [0.05, 0.1) is 22.0 Å². The van der Waals surface area contributed by atoms with E-state index in [1.165, 1.54) is 18.2 Å². The molecule has 1 saturated heterocycles. The van der Waals surface area contributed by atoms with Crippen LogP contribution in [0.15, 0.2) is 23.1 Å². The monoisotopic (exact) mass is 329 g/mol. The number of nitrogens with one attached hydrogen (secondary N) is 1. The van der Waals surface area contributed by atoms with Gasteiger partial charge in [0.1, 0.15) is 6.07 Å². The van der Waals surface area contributed by atoms with Gasteiger partial charge < -0.3 is 5.73 Å². The van der Waals surface area contributed by atoms with E-state index in [0.717, 1.165) is 0 Å². The highest BCUT2D eigenvalue weighted by atomic mass is 32.2. The number of anilines is 1. The SMILES string of the molecule is N#Cc1cc(N)ccc1S(=O)(=O)NC1CCCS(=O)(=O)C1. The molecule has 9 heteroatoms. The Balaban J connectivity index is 2.29. The third-order valence-corrected chi connectivity index (χ3v) is 6.60. The first kappa shape index (κ1) is 15.8. The van der Waals surface area contributed by atoms with Crippen LogP contribution in [0.5, 0.6) is 0 Å². The summed E-state index contributed by atoms with van der Waals surface area (Å²) >= 11 is 0. The molecule has 0 amide bonds. The molecule has 0 aliphatic carbocycles. The maximum absolute atomic E-state index is 12.3. The van der Waals surface area contributed by atoms with E-state index < -0.39 is 25.9 Å². The number of sulfonamides is 1. The Kier molecular flexibility index (Phi) is 4.22. The summed E-state index contributed by atoms with van der Waals surface area (Å²) in [7, 11) is -7.18. The number of nitrogens with two attached hydrogens (primary N) is 1. The fraction of sp³-hybridized carbons (Fsp3) is 0.417. The first-order valence-electron chi connectivity index (χ1n) is 6.26. The molecule has 7 nitrogen and oxygen atoms in total. The Morgan fingerprint density at radius 2 is 2.10 bits per heavy atom. The van der Waals surface area contributed by atoms with Crippen LogP contribution in [0.25, 0.3) is 0 Å². The molecule has 1 aromatic rings. The summed E-state index contributed by atoms with van der Waals surface area (Å²) in [6, 6.07) is 5.01. The number of benzene rings is 1. The average Bonchev–Trinajstić information content (AvgIpc) is 2.36. The number of rotatable bonds is 3. The maximum Gasteiger partial charge on any atom is 0.242 e. The molecule has 1 fully saturated rings. The Labute approximate surface area is 123 Å². The van der Waals surface area contributed by atoms with E-state index in [1.807, 2.05) is 0 Å². The van der Waals surface area contributed by atoms with Gasteiger partial charge in [-0.1, -0.05) is 0 Å². The second-order valence-corrected chi connectivity index (χ2v) is 8.85. The molecule has 1 unspecified atom stereocenters. The second kappa shape index (κ2) is 5.63. The molecule has 0 radical (unpaired) electrons. The minimum atomic E-state index is -3.96. The van der Waals surface area contributed by atoms with E-state index in [1.54, 1.807) is 6.07 Å². The van der Waals surface area contributed by atoms with Crippen molar-refractivity contribution in [3.8, 4) is 6.07 Å². The number of nitriles is 1. The summed E-state index contributed by atoms with van der Waals surface area (Å²) in [6.45, 7) is 0. The number of hydrogen-bond acceptors (Lipinski definition) is 6. The van der Waals surface area contributed by atoms with E-state index in [2.05, 4.69) is 4.72 Å². The minimum Gasteiger partial charge on any atom is -0.399 e. The third-order valence-electron chi connectivity index (χ3n) is 3.20. The lowest BCUT2D eigenvalue weighted by Crippen LogP contribution is -2.43. The smallest absolute Gasteiger partial charge is 0.242 e. The maximum atomic E-state index is 12.3. The van der Waals surface area contributed by atoms with Crippen LogP contribution in [0.3, 0.4) is 0 Å². The van der Waals surface area contributed by atoms with Crippen LogP contribution in [0, 0.1) is 11.3 Å². The summed E-state index contributed by atoms with van der Waals surface area (Å²) in [5.41, 5.74) is 5.74. The predicted octanol–water partition coefficient (Wildman–Crippen LogP) is -0.00402. The van der Waals surface area contributed by atoms with E-state index in [-0.39, 0.29) is 27.7 Å². The fourth-order valence-corrected chi connectivity index (χ4v) is 5.42. The van der Waals surface area contributed by atoms with Crippen LogP contribution >= 0.6 is 0 Å². The molecule has 0 aromatic heterocycles. The van der Waals surface area contributed by atoms with Gasteiger partial charge >= 0.3 is 0 Å². The number of hydrogen-bond donors (Lipinski definition) is 2. The van der Waals surface area contributed by atoms with Crippen molar-refractivity contribution in [3.05, 3.63) is 23.8 Å². The van der Waals surface area contributed by atoms with Gasteiger partial charge in [0.2, 0.25) is 10.0 Å². The van der Waals surface area contributed by atoms with Crippen LogP contribution in [-0.2, 0) is 19.9 Å². The molecule has 1 aliphatic rings. The molecular weight excluding hydrogens is 314 g/mol. The largest absolute Gasteiger partial charge is 0.399 e. The molecule has 0 bridgehead atoms. The molecular formula is C12H15N3O4S2. The van der Waals surface area contributed by atoms with Crippen molar-refractivity contribution in [3.63, 3.8) is 0 Å². The number of sulfone groups is 1. The van der Waals surface area contributed by atoms with Crippen molar-refractivity contribution in [2.45, 2.75) is 23.8 Å². The average molecular weight is 329 g/mol. The summed E-state index contributed by atoms with van der Waals surface area (Å²) in [4.78, 5) is -0.192. The van der Waals surface area contributed by atoms with Crippen LogP contribution in [0.2, 0.25) is 0 Å². The topological polar surface area (TPSA) is 130 Å². The van der Waals surface area contributed by atoms with Crippen LogP contribution < -0.4 is 10.5 Å². The van der Waals surface area contributed by atoms with Crippen LogP contribution in [-0.4, -0.2) is 34.4 Å². The summed E-state index contributed by atoms with van der Waals surface area (Å²) in [5.74, 6) is -0.139. The second-order valence-electron chi connectivity index (χ2n) is 4.94. The van der Waals surface area contributed by atoms with Gasteiger partial charge in [-0.05, 0) is 31.0 Å². The van der Waals surface area contributed by atoms with Gasteiger partial charge in [0.15, 0.2) is 9.84 Å². The molecule has 1 aromatic carbocycles. The number of nitrogens with zero attached hydrogens (tertiary/aromatic N) is 1. The highest BCUT2D eigenvalue weighted by Gasteiger charge is 2.29. The van der Waals surface area contributed by atoms with Crippen molar-refractivity contribution in [2.24, 2.45) is 0 Å². The lowest BCUT2D eigenvalue weighted by molar-refractivity contribution is 0.517. The van der Waals surface area contributed by atoms with Crippen molar-refractivity contribution in [1.82, 2.24) is 4.72 Å². The van der Waals surface area contributed by atoms with Crippen LogP contribution in [0.4, 0.5) is 5.69 Å². The minimum absolute atomic E-state index is 0.0684. The van der Waals surface area contributed by atoms with Gasteiger partial charge in [-0.3, -0.25) is 0 Å². The molecule has 3 N–H and O–H groups in total. The Morgan fingerprint density at radius 3 is 2.71 bits per heavy atom. The standard InChI is InChI=1S/C12H15N3O4S2/c13-7-9-6-10(14)3-4-12(9)21(18,19)15-11-2-1-5-20(16,17)8-11/h3-4,6,11,15H,1-2,5,8,14H2. The van der Waals surface area contributed by atoms with Gasteiger partial charge in [-0.2, -0.15) is 5.26 Å². The Hall–Kier alpha value is -1.63. The fourth-order valence-electron chi connectivity index (χ4n) is 2.27. The lowest BCUT2D eigenvalue weighted by Gasteiger charge is -2.23. The van der Waals surface area contributed by atoms with E-state index in [0.29, 0.717) is 12.8 Å². The van der Waals surface area contributed by atoms with Gasteiger partial charge in [0, 0.05) is 11.7 Å². The Bertz CT molecular complexity index is 794. The summed E-state index contributed by atoms with van der Waals surface area (Å²) < 4.78 is 50.1. The normalized spacial score (nSPS) is 21.6. The first-order chi connectivity index (χ1) is 9.73. The van der Waals surface area contributed by atoms with E-state index >= 15 is 0 Å². The lowest BCUT2D eigenvalue weighted by atomic mass is 10.2. The molecule has 1 aliphatic heterocycles. The third kappa shape index (κ3) is 3.72. The van der Waals surface area contributed by atoms with E-state index in [4.69, 9.17) is 11.0 Å². The molecule has 1 atom stereocenters. The van der Waals surface area contributed by atoms with Crippen molar-refractivity contribution in [2.75, 3.05) is 17.2 Å². The molecule has 0 saturated carbocycles.